The Bertz CT molecular complexity index is 569. The second-order valence-corrected chi connectivity index (χ2v) is 9.33. The topological polar surface area (TPSA) is 52.1 Å². The van der Waals surface area contributed by atoms with Crippen molar-refractivity contribution in [1.82, 2.24) is 10.2 Å². The Morgan fingerprint density at radius 3 is 2.50 bits per heavy atom. The highest BCUT2D eigenvalue weighted by molar-refractivity contribution is 8.03. The van der Waals surface area contributed by atoms with Gasteiger partial charge in [0.15, 0.2) is 8.68 Å². The third-order valence-electron chi connectivity index (χ3n) is 3.01. The van der Waals surface area contributed by atoms with Crippen molar-refractivity contribution in [2.24, 2.45) is 0 Å². The Morgan fingerprint density at radius 2 is 1.88 bits per heavy atom. The molecule has 1 rings (SSSR count). The minimum atomic E-state index is -5.64. The van der Waals surface area contributed by atoms with Crippen molar-refractivity contribution in [1.29, 1.82) is 0 Å². The molecule has 1 heterocycles. The van der Waals surface area contributed by atoms with E-state index in [1.54, 1.807) is 11.8 Å². The quantitative estimate of drug-likeness (QED) is 0.261. The highest BCUT2D eigenvalue weighted by atomic mass is 32.2. The molecule has 0 saturated heterocycles. The van der Waals surface area contributed by atoms with Crippen molar-refractivity contribution in [2.45, 2.75) is 65.6 Å². The summed E-state index contributed by atoms with van der Waals surface area (Å²) < 4.78 is 67.1. The minimum Gasteiger partial charge on any atom is -0.465 e. The zero-order valence-corrected chi connectivity index (χ0v) is 16.6. The maximum absolute atomic E-state index is 12.7. The molecule has 0 fully saturated rings. The maximum Gasteiger partial charge on any atom is 0.453 e. The van der Waals surface area contributed by atoms with Crippen LogP contribution in [0.1, 0.15) is 39.5 Å². The number of ether oxygens (including phenoxy) is 1. The van der Waals surface area contributed by atoms with Crippen LogP contribution >= 0.6 is 34.9 Å². The lowest BCUT2D eigenvalue weighted by atomic mass is 10.2. The van der Waals surface area contributed by atoms with Gasteiger partial charge in [0.25, 0.3) is 0 Å². The summed E-state index contributed by atoms with van der Waals surface area (Å²) in [4.78, 5) is 11.4. The number of carbonyl (C=O) groups is 1. The average Bonchev–Trinajstić information content (AvgIpc) is 2.93. The van der Waals surface area contributed by atoms with Crippen LogP contribution in [0.2, 0.25) is 0 Å². The molecule has 0 saturated carbocycles. The first kappa shape index (κ1) is 23.4. The molecule has 0 bridgehead atoms. The largest absolute Gasteiger partial charge is 0.465 e. The Morgan fingerprint density at radius 1 is 1.23 bits per heavy atom. The molecule has 0 radical (unpaired) electrons. The predicted molar refractivity (Wildman–Crippen MR) is 92.1 cm³/mol. The third-order valence-corrected chi connectivity index (χ3v) is 6.32. The van der Waals surface area contributed by atoms with Gasteiger partial charge in [-0.25, -0.2) is 0 Å². The monoisotopic (exact) mass is 438 g/mol. The summed E-state index contributed by atoms with van der Waals surface area (Å²) >= 11 is 4.27. The van der Waals surface area contributed by atoms with Gasteiger partial charge >= 0.3 is 18.1 Å². The first-order chi connectivity index (χ1) is 12.0. The van der Waals surface area contributed by atoms with Crippen molar-refractivity contribution in [3.8, 4) is 0 Å². The SMILES string of the molecule is CCCC(C)Sc1nnc(SCCC(=O)OCCC(F)(F)C(F)(F)F)s1. The lowest BCUT2D eigenvalue weighted by molar-refractivity contribution is -0.286. The zero-order chi connectivity index (χ0) is 19.8. The van der Waals surface area contributed by atoms with Gasteiger partial charge in [0.1, 0.15) is 0 Å². The van der Waals surface area contributed by atoms with Gasteiger partial charge in [0.2, 0.25) is 0 Å². The number of carbonyl (C=O) groups excluding carboxylic acids is 1. The van der Waals surface area contributed by atoms with Crippen LogP contribution in [0.25, 0.3) is 0 Å². The van der Waals surface area contributed by atoms with Gasteiger partial charge in [-0.05, 0) is 6.42 Å². The van der Waals surface area contributed by atoms with E-state index in [4.69, 9.17) is 0 Å². The Labute approximate surface area is 160 Å². The Balaban J connectivity index is 2.25. The number of rotatable bonds is 11. The van der Waals surface area contributed by atoms with E-state index in [9.17, 15) is 26.7 Å². The lowest BCUT2D eigenvalue weighted by Gasteiger charge is -2.19. The van der Waals surface area contributed by atoms with E-state index in [1.165, 1.54) is 23.1 Å². The Kier molecular flexibility index (Phi) is 9.59. The van der Waals surface area contributed by atoms with Crippen LogP contribution in [0.4, 0.5) is 22.0 Å². The molecule has 4 nitrogen and oxygen atoms in total. The van der Waals surface area contributed by atoms with Gasteiger partial charge in [0, 0.05) is 11.0 Å². The molecule has 1 unspecified atom stereocenters. The van der Waals surface area contributed by atoms with Crippen molar-refractivity contribution in [3.05, 3.63) is 0 Å². The number of thioether (sulfide) groups is 2. The van der Waals surface area contributed by atoms with Gasteiger partial charge in [-0.3, -0.25) is 4.79 Å². The van der Waals surface area contributed by atoms with E-state index in [1.807, 2.05) is 0 Å². The summed E-state index contributed by atoms with van der Waals surface area (Å²) in [5.41, 5.74) is 0. The van der Waals surface area contributed by atoms with Gasteiger partial charge in [-0.2, -0.15) is 22.0 Å². The molecular formula is C14H19F5N2O2S3. The zero-order valence-electron chi connectivity index (χ0n) is 14.1. The number of halogens is 5. The highest BCUT2D eigenvalue weighted by Crippen LogP contribution is 2.38. The summed E-state index contributed by atoms with van der Waals surface area (Å²) in [6, 6.07) is 0. The molecule has 1 aromatic heterocycles. The highest BCUT2D eigenvalue weighted by Gasteiger charge is 2.56. The van der Waals surface area contributed by atoms with Gasteiger partial charge < -0.3 is 4.74 Å². The van der Waals surface area contributed by atoms with E-state index < -0.39 is 31.1 Å². The molecule has 26 heavy (non-hydrogen) atoms. The number of aromatic nitrogens is 2. The van der Waals surface area contributed by atoms with E-state index in [0.29, 0.717) is 9.59 Å². The summed E-state index contributed by atoms with van der Waals surface area (Å²) in [5, 5.41) is 8.45. The van der Waals surface area contributed by atoms with E-state index in [0.717, 1.165) is 17.2 Å². The van der Waals surface area contributed by atoms with Gasteiger partial charge in [0.05, 0.1) is 19.4 Å². The molecular weight excluding hydrogens is 419 g/mol. The van der Waals surface area contributed by atoms with Gasteiger partial charge in [-0.1, -0.05) is 55.1 Å². The van der Waals surface area contributed by atoms with E-state index >= 15 is 0 Å². The molecule has 0 aliphatic heterocycles. The van der Waals surface area contributed by atoms with Crippen LogP contribution in [-0.4, -0.2) is 45.9 Å². The molecule has 0 aliphatic carbocycles. The fourth-order valence-electron chi connectivity index (χ4n) is 1.67. The molecule has 1 aromatic rings. The summed E-state index contributed by atoms with van der Waals surface area (Å²) in [7, 11) is 0. The summed E-state index contributed by atoms with van der Waals surface area (Å²) in [6.07, 6.45) is -5.20. The molecule has 12 heteroatoms. The van der Waals surface area contributed by atoms with Crippen LogP contribution in [0.3, 0.4) is 0 Å². The molecule has 150 valence electrons. The number of nitrogens with zero attached hydrogens (tertiary/aromatic N) is 2. The minimum absolute atomic E-state index is 0.115. The van der Waals surface area contributed by atoms with Crippen molar-refractivity contribution >= 4 is 40.8 Å². The molecule has 0 aromatic carbocycles. The van der Waals surface area contributed by atoms with Crippen molar-refractivity contribution in [3.63, 3.8) is 0 Å². The predicted octanol–water partition coefficient (Wildman–Crippen LogP) is 5.43. The van der Waals surface area contributed by atoms with Crippen LogP contribution in [0.5, 0.6) is 0 Å². The van der Waals surface area contributed by atoms with Crippen molar-refractivity contribution in [2.75, 3.05) is 12.4 Å². The van der Waals surface area contributed by atoms with Crippen molar-refractivity contribution < 1.29 is 31.5 Å². The molecule has 1 atom stereocenters. The Hall–Kier alpha value is -0.620. The standard InChI is InChI=1S/C14H19F5N2O2S3/c1-3-4-9(2)25-12-21-20-11(26-12)24-8-5-10(22)23-7-6-13(15,16)14(17,18)19/h9H,3-8H2,1-2H3. The molecule has 0 N–H and O–H groups in total. The number of esters is 1. The maximum atomic E-state index is 12.7. The normalized spacial score (nSPS) is 13.7. The van der Waals surface area contributed by atoms with Crippen LogP contribution in [-0.2, 0) is 9.53 Å². The first-order valence-electron chi connectivity index (χ1n) is 7.78. The van der Waals surface area contributed by atoms with E-state index in [2.05, 4.69) is 28.8 Å². The second kappa shape index (κ2) is 10.6. The number of hydrogen-bond acceptors (Lipinski definition) is 7. The summed E-state index contributed by atoms with van der Waals surface area (Å²) in [6.45, 7) is 3.22. The average molecular weight is 439 g/mol. The van der Waals surface area contributed by atoms with Crippen LogP contribution in [0.15, 0.2) is 8.68 Å². The molecule has 0 amide bonds. The number of hydrogen-bond donors (Lipinski definition) is 0. The second-order valence-electron chi connectivity index (χ2n) is 5.32. The van der Waals surface area contributed by atoms with Crippen LogP contribution < -0.4 is 0 Å². The third kappa shape index (κ3) is 8.38. The smallest absolute Gasteiger partial charge is 0.453 e. The fraction of sp³-hybridized carbons (Fsp3) is 0.786. The lowest BCUT2D eigenvalue weighted by Crippen LogP contribution is -2.37. The first-order valence-corrected chi connectivity index (χ1v) is 10.5. The fourth-order valence-corrected chi connectivity index (χ4v) is 5.11. The number of alkyl halides is 5. The summed E-state index contributed by atoms with van der Waals surface area (Å²) in [5.74, 6) is -5.42. The van der Waals surface area contributed by atoms with E-state index in [-0.39, 0.29) is 12.2 Å². The molecule has 0 aliphatic rings. The molecule has 0 spiro atoms. The van der Waals surface area contributed by atoms with Crippen LogP contribution in [0, 0.1) is 0 Å². The van der Waals surface area contributed by atoms with Gasteiger partial charge in [-0.15, -0.1) is 10.2 Å².